The third-order valence-corrected chi connectivity index (χ3v) is 4.60. The van der Waals surface area contributed by atoms with Gasteiger partial charge in [0.25, 0.3) is 0 Å². The Morgan fingerprint density at radius 1 is 1.24 bits per heavy atom. The Bertz CT molecular complexity index is 646. The molecule has 2 heterocycles. The van der Waals surface area contributed by atoms with Crippen LogP contribution >= 0.6 is 0 Å². The molecule has 25 heavy (non-hydrogen) atoms. The van der Waals surface area contributed by atoms with E-state index in [2.05, 4.69) is 16.7 Å². The molecule has 2 aliphatic heterocycles. The molecular formula is C19H27N3O3. The largest absolute Gasteiger partial charge is 0.444 e. The molecule has 1 atom stereocenters. The number of ether oxygens (including phenoxy) is 1. The molecule has 0 saturated carbocycles. The monoisotopic (exact) mass is 345 g/mol. The SMILES string of the molecule is CC(C)(C)OC(=O)N1CCC(NC2Cc3ccccc3NC2=O)CC1. The lowest BCUT2D eigenvalue weighted by atomic mass is 9.96. The summed E-state index contributed by atoms with van der Waals surface area (Å²) in [5.74, 6) is 0.0215. The fourth-order valence-electron chi connectivity index (χ4n) is 3.33. The summed E-state index contributed by atoms with van der Waals surface area (Å²) in [6, 6.07) is 7.93. The molecule has 2 aliphatic rings. The summed E-state index contributed by atoms with van der Waals surface area (Å²) in [7, 11) is 0. The van der Waals surface area contributed by atoms with E-state index in [0.717, 1.165) is 24.1 Å². The zero-order valence-corrected chi connectivity index (χ0v) is 15.2. The van der Waals surface area contributed by atoms with Gasteiger partial charge in [0.05, 0.1) is 6.04 Å². The first kappa shape index (κ1) is 17.7. The highest BCUT2D eigenvalue weighted by Crippen LogP contribution is 2.23. The number of piperidine rings is 1. The summed E-state index contributed by atoms with van der Waals surface area (Å²) < 4.78 is 5.42. The van der Waals surface area contributed by atoms with E-state index in [-0.39, 0.29) is 24.1 Å². The zero-order chi connectivity index (χ0) is 18.0. The number of hydrogen-bond acceptors (Lipinski definition) is 4. The van der Waals surface area contributed by atoms with E-state index in [1.54, 1.807) is 4.90 Å². The van der Waals surface area contributed by atoms with Gasteiger partial charge in [-0.3, -0.25) is 4.79 Å². The van der Waals surface area contributed by atoms with Crippen LogP contribution in [0.25, 0.3) is 0 Å². The number of nitrogens with zero attached hydrogens (tertiary/aromatic N) is 1. The van der Waals surface area contributed by atoms with Gasteiger partial charge in [-0.1, -0.05) is 18.2 Å². The van der Waals surface area contributed by atoms with Crippen molar-refractivity contribution in [3.05, 3.63) is 29.8 Å². The van der Waals surface area contributed by atoms with Gasteiger partial charge in [-0.15, -0.1) is 0 Å². The van der Waals surface area contributed by atoms with E-state index in [1.165, 1.54) is 0 Å². The number of nitrogens with one attached hydrogen (secondary N) is 2. The van der Waals surface area contributed by atoms with Gasteiger partial charge in [-0.2, -0.15) is 0 Å². The van der Waals surface area contributed by atoms with Crippen LogP contribution in [0.5, 0.6) is 0 Å². The van der Waals surface area contributed by atoms with Crippen LogP contribution in [0.2, 0.25) is 0 Å². The van der Waals surface area contributed by atoms with E-state index in [1.807, 2.05) is 39.0 Å². The molecule has 6 heteroatoms. The number of carbonyl (C=O) groups excluding carboxylic acids is 2. The van der Waals surface area contributed by atoms with E-state index in [4.69, 9.17) is 4.74 Å². The van der Waals surface area contributed by atoms with Gasteiger partial charge in [0.2, 0.25) is 5.91 Å². The fourth-order valence-corrected chi connectivity index (χ4v) is 3.33. The minimum absolute atomic E-state index is 0.0215. The first-order valence-corrected chi connectivity index (χ1v) is 8.94. The predicted molar refractivity (Wildman–Crippen MR) is 96.5 cm³/mol. The van der Waals surface area contributed by atoms with Crippen LogP contribution in [0, 0.1) is 0 Å². The smallest absolute Gasteiger partial charge is 0.410 e. The second-order valence-corrected chi connectivity index (χ2v) is 7.81. The van der Waals surface area contributed by atoms with E-state index >= 15 is 0 Å². The predicted octanol–water partition coefficient (Wildman–Crippen LogP) is 2.54. The first-order chi connectivity index (χ1) is 11.8. The molecule has 0 radical (unpaired) electrons. The topological polar surface area (TPSA) is 70.7 Å². The molecule has 6 nitrogen and oxygen atoms in total. The Morgan fingerprint density at radius 2 is 1.92 bits per heavy atom. The number of hydrogen-bond donors (Lipinski definition) is 2. The Morgan fingerprint density at radius 3 is 2.60 bits per heavy atom. The van der Waals surface area contributed by atoms with Crippen LogP contribution in [0.15, 0.2) is 24.3 Å². The Labute approximate surface area is 148 Å². The summed E-state index contributed by atoms with van der Waals surface area (Å²) in [4.78, 5) is 26.2. The third kappa shape index (κ3) is 4.51. The molecule has 3 rings (SSSR count). The summed E-state index contributed by atoms with van der Waals surface area (Å²) in [6.07, 6.45) is 2.10. The number of benzene rings is 1. The lowest BCUT2D eigenvalue weighted by Gasteiger charge is -2.36. The van der Waals surface area contributed by atoms with Crippen LogP contribution in [0.3, 0.4) is 0 Å². The van der Waals surface area contributed by atoms with Crippen LogP contribution < -0.4 is 10.6 Å². The molecule has 0 aromatic heterocycles. The highest BCUT2D eigenvalue weighted by atomic mass is 16.6. The molecule has 0 spiro atoms. The molecular weight excluding hydrogens is 318 g/mol. The lowest BCUT2D eigenvalue weighted by Crippen LogP contribution is -2.53. The summed E-state index contributed by atoms with van der Waals surface area (Å²) in [5, 5.41) is 6.43. The Hall–Kier alpha value is -2.08. The van der Waals surface area contributed by atoms with E-state index in [9.17, 15) is 9.59 Å². The second-order valence-electron chi connectivity index (χ2n) is 7.81. The minimum Gasteiger partial charge on any atom is -0.444 e. The summed E-state index contributed by atoms with van der Waals surface area (Å²) in [5.41, 5.74) is 1.59. The van der Waals surface area contributed by atoms with E-state index < -0.39 is 5.60 Å². The molecule has 0 aliphatic carbocycles. The van der Waals surface area contributed by atoms with Crippen molar-refractivity contribution in [2.24, 2.45) is 0 Å². The molecule has 0 bridgehead atoms. The standard InChI is InChI=1S/C19H27N3O3/c1-19(2,3)25-18(24)22-10-8-14(9-11-22)20-16-12-13-6-4-5-7-15(13)21-17(16)23/h4-7,14,16,20H,8-12H2,1-3H3,(H,21,23). The number of amides is 2. The molecule has 136 valence electrons. The average molecular weight is 345 g/mol. The fraction of sp³-hybridized carbons (Fsp3) is 0.579. The van der Waals surface area contributed by atoms with E-state index in [0.29, 0.717) is 19.5 Å². The van der Waals surface area contributed by atoms with Crippen molar-refractivity contribution < 1.29 is 14.3 Å². The lowest BCUT2D eigenvalue weighted by molar-refractivity contribution is -0.118. The number of anilines is 1. The van der Waals surface area contributed by atoms with Crippen LogP contribution in [-0.4, -0.2) is 47.7 Å². The average Bonchev–Trinajstić information content (AvgIpc) is 2.54. The van der Waals surface area contributed by atoms with Crippen molar-refractivity contribution in [2.75, 3.05) is 18.4 Å². The van der Waals surface area contributed by atoms with Gasteiger partial charge >= 0.3 is 6.09 Å². The maximum absolute atomic E-state index is 12.3. The van der Waals surface area contributed by atoms with Crippen molar-refractivity contribution in [3.63, 3.8) is 0 Å². The molecule has 1 aromatic rings. The van der Waals surface area contributed by atoms with Crippen molar-refractivity contribution in [1.29, 1.82) is 0 Å². The van der Waals surface area contributed by atoms with Gasteiger partial charge in [-0.05, 0) is 51.7 Å². The normalized spacial score (nSPS) is 21.5. The van der Waals surface area contributed by atoms with Gasteiger partial charge in [-0.25, -0.2) is 4.79 Å². The highest BCUT2D eigenvalue weighted by Gasteiger charge is 2.31. The summed E-state index contributed by atoms with van der Waals surface area (Å²) >= 11 is 0. The maximum atomic E-state index is 12.3. The second kappa shape index (κ2) is 7.04. The third-order valence-electron chi connectivity index (χ3n) is 4.60. The molecule has 1 fully saturated rings. The van der Waals surface area contributed by atoms with Gasteiger partial charge in [0.15, 0.2) is 0 Å². The Kier molecular flexibility index (Phi) is 4.99. The highest BCUT2D eigenvalue weighted by molar-refractivity contribution is 5.98. The van der Waals surface area contributed by atoms with Crippen LogP contribution in [0.1, 0.15) is 39.2 Å². The van der Waals surface area contributed by atoms with Crippen molar-refractivity contribution in [3.8, 4) is 0 Å². The van der Waals surface area contributed by atoms with Gasteiger partial charge in [0, 0.05) is 24.8 Å². The number of rotatable bonds is 2. The van der Waals surface area contributed by atoms with Crippen molar-refractivity contribution >= 4 is 17.7 Å². The number of likely N-dealkylation sites (tertiary alicyclic amines) is 1. The Balaban J connectivity index is 1.51. The summed E-state index contributed by atoms with van der Waals surface area (Å²) in [6.45, 7) is 6.92. The number of carbonyl (C=O) groups is 2. The first-order valence-electron chi connectivity index (χ1n) is 8.94. The van der Waals surface area contributed by atoms with Gasteiger partial charge in [0.1, 0.15) is 5.60 Å². The van der Waals surface area contributed by atoms with Crippen LogP contribution in [-0.2, 0) is 16.0 Å². The molecule has 2 N–H and O–H groups in total. The molecule has 1 saturated heterocycles. The molecule has 1 unspecified atom stereocenters. The van der Waals surface area contributed by atoms with Crippen molar-refractivity contribution in [1.82, 2.24) is 10.2 Å². The number of fused-ring (bicyclic) bond motifs is 1. The maximum Gasteiger partial charge on any atom is 0.410 e. The van der Waals surface area contributed by atoms with Gasteiger partial charge < -0.3 is 20.3 Å². The zero-order valence-electron chi connectivity index (χ0n) is 15.2. The molecule has 2 amide bonds. The quantitative estimate of drug-likeness (QED) is 0.864. The van der Waals surface area contributed by atoms with Crippen molar-refractivity contribution in [2.45, 2.75) is 57.7 Å². The minimum atomic E-state index is -0.472. The van der Waals surface area contributed by atoms with Crippen LogP contribution in [0.4, 0.5) is 10.5 Å². The number of para-hydroxylation sites is 1. The molecule has 1 aromatic carbocycles.